The van der Waals surface area contributed by atoms with Gasteiger partial charge in [0.05, 0.1) is 5.60 Å². The van der Waals surface area contributed by atoms with Crippen LogP contribution < -0.4 is 0 Å². The molecule has 1 heterocycles. The first kappa shape index (κ1) is 14.5. The Kier molecular flexibility index (Phi) is 4.59. The Balaban J connectivity index is 2.64. The molecule has 0 spiro atoms. The average Bonchev–Trinajstić information content (AvgIpc) is 2.26. The second-order valence-corrected chi connectivity index (χ2v) is 6.31. The highest BCUT2D eigenvalue weighted by Crippen LogP contribution is 2.28. The van der Waals surface area contributed by atoms with Crippen LogP contribution in [0.25, 0.3) is 0 Å². The van der Waals surface area contributed by atoms with Crippen LogP contribution in [0.5, 0.6) is 0 Å². The first-order chi connectivity index (χ1) is 7.73. The lowest BCUT2D eigenvalue weighted by Crippen LogP contribution is -2.48. The zero-order chi connectivity index (χ0) is 13.2. The van der Waals surface area contributed by atoms with Crippen molar-refractivity contribution >= 4 is 5.91 Å². The molecule has 1 fully saturated rings. The van der Waals surface area contributed by atoms with Gasteiger partial charge in [0.1, 0.15) is 0 Å². The van der Waals surface area contributed by atoms with Gasteiger partial charge in [-0.3, -0.25) is 4.79 Å². The molecule has 2 unspecified atom stereocenters. The minimum Gasteiger partial charge on any atom is -0.390 e. The minimum absolute atomic E-state index is 0.0792. The largest absolute Gasteiger partial charge is 0.390 e. The van der Waals surface area contributed by atoms with Gasteiger partial charge in [0.2, 0.25) is 5.91 Å². The summed E-state index contributed by atoms with van der Waals surface area (Å²) in [6.07, 6.45) is 2.02. The van der Waals surface area contributed by atoms with Crippen molar-refractivity contribution in [3.8, 4) is 0 Å². The predicted molar refractivity (Wildman–Crippen MR) is 69.6 cm³/mol. The molecule has 100 valence electrons. The summed E-state index contributed by atoms with van der Waals surface area (Å²) in [5.41, 5.74) is -0.681. The van der Waals surface area contributed by atoms with Crippen molar-refractivity contribution in [3.63, 3.8) is 0 Å². The first-order valence-corrected chi connectivity index (χ1v) is 6.74. The Morgan fingerprint density at radius 1 is 1.35 bits per heavy atom. The SMILES string of the molecule is CC(C)C(C)C(=O)N1CCCC(C(C)(C)O)C1. The van der Waals surface area contributed by atoms with Crippen LogP contribution in [-0.2, 0) is 4.79 Å². The lowest BCUT2D eigenvalue weighted by molar-refractivity contribution is -0.140. The van der Waals surface area contributed by atoms with Crippen LogP contribution in [0.15, 0.2) is 0 Å². The molecule has 1 aliphatic heterocycles. The Morgan fingerprint density at radius 2 is 1.94 bits per heavy atom. The number of aliphatic hydroxyl groups is 1. The van der Waals surface area contributed by atoms with Gasteiger partial charge in [0.15, 0.2) is 0 Å². The van der Waals surface area contributed by atoms with Gasteiger partial charge < -0.3 is 10.0 Å². The number of hydrogen-bond acceptors (Lipinski definition) is 2. The van der Waals surface area contributed by atoms with Crippen LogP contribution in [0, 0.1) is 17.8 Å². The number of carbonyl (C=O) groups excluding carboxylic acids is 1. The van der Waals surface area contributed by atoms with Crippen molar-refractivity contribution in [2.24, 2.45) is 17.8 Å². The van der Waals surface area contributed by atoms with Crippen LogP contribution in [0.2, 0.25) is 0 Å². The standard InChI is InChI=1S/C14H27NO2/c1-10(2)11(3)13(16)15-8-6-7-12(9-15)14(4,5)17/h10-12,17H,6-9H2,1-5H3. The number of rotatable bonds is 3. The highest BCUT2D eigenvalue weighted by atomic mass is 16.3. The third kappa shape index (κ3) is 3.70. The maximum Gasteiger partial charge on any atom is 0.225 e. The number of piperidine rings is 1. The van der Waals surface area contributed by atoms with Gasteiger partial charge in [-0.15, -0.1) is 0 Å². The first-order valence-electron chi connectivity index (χ1n) is 6.74. The van der Waals surface area contributed by atoms with Crippen molar-refractivity contribution in [2.75, 3.05) is 13.1 Å². The fourth-order valence-electron chi connectivity index (χ4n) is 2.33. The zero-order valence-corrected chi connectivity index (χ0v) is 11.9. The average molecular weight is 241 g/mol. The van der Waals surface area contributed by atoms with E-state index in [0.717, 1.165) is 19.4 Å². The number of hydrogen-bond donors (Lipinski definition) is 1. The van der Waals surface area contributed by atoms with E-state index in [4.69, 9.17) is 0 Å². The van der Waals surface area contributed by atoms with Gasteiger partial charge in [-0.25, -0.2) is 0 Å². The molecule has 0 saturated carbocycles. The van der Waals surface area contributed by atoms with Crippen molar-refractivity contribution in [3.05, 3.63) is 0 Å². The van der Waals surface area contributed by atoms with Crippen molar-refractivity contribution in [1.29, 1.82) is 0 Å². The molecule has 17 heavy (non-hydrogen) atoms. The summed E-state index contributed by atoms with van der Waals surface area (Å²) in [6.45, 7) is 11.4. The number of nitrogens with zero attached hydrogens (tertiary/aromatic N) is 1. The van der Waals surface area contributed by atoms with E-state index in [9.17, 15) is 9.90 Å². The van der Waals surface area contributed by atoms with Gasteiger partial charge in [0, 0.05) is 24.9 Å². The summed E-state index contributed by atoms with van der Waals surface area (Å²) in [6, 6.07) is 0. The van der Waals surface area contributed by atoms with Crippen molar-refractivity contribution in [1.82, 2.24) is 4.90 Å². The minimum atomic E-state index is -0.681. The fraction of sp³-hybridized carbons (Fsp3) is 0.929. The van der Waals surface area contributed by atoms with E-state index in [2.05, 4.69) is 13.8 Å². The molecule has 0 aromatic rings. The molecule has 3 nitrogen and oxygen atoms in total. The van der Waals surface area contributed by atoms with E-state index in [1.165, 1.54) is 0 Å². The maximum absolute atomic E-state index is 12.3. The van der Waals surface area contributed by atoms with E-state index < -0.39 is 5.60 Å². The molecule has 1 aliphatic rings. The van der Waals surface area contributed by atoms with E-state index in [1.54, 1.807) is 0 Å². The fourth-order valence-corrected chi connectivity index (χ4v) is 2.33. The smallest absolute Gasteiger partial charge is 0.225 e. The molecule has 0 aromatic heterocycles. The summed E-state index contributed by atoms with van der Waals surface area (Å²) in [5, 5.41) is 10.1. The summed E-state index contributed by atoms with van der Waals surface area (Å²) < 4.78 is 0. The van der Waals surface area contributed by atoms with Crippen molar-refractivity contribution in [2.45, 2.75) is 53.1 Å². The quantitative estimate of drug-likeness (QED) is 0.823. The Bertz CT molecular complexity index is 268. The van der Waals surface area contributed by atoms with Gasteiger partial charge in [-0.1, -0.05) is 20.8 Å². The lowest BCUT2D eigenvalue weighted by atomic mass is 9.83. The van der Waals surface area contributed by atoms with Crippen molar-refractivity contribution < 1.29 is 9.90 Å². The van der Waals surface area contributed by atoms with Crippen LogP contribution in [0.4, 0.5) is 0 Å². The molecule has 1 amide bonds. The molecular weight excluding hydrogens is 214 g/mol. The molecule has 0 bridgehead atoms. The normalized spacial score (nSPS) is 23.9. The second kappa shape index (κ2) is 5.38. The molecule has 0 aliphatic carbocycles. The van der Waals surface area contributed by atoms with Crippen LogP contribution in [-0.4, -0.2) is 34.6 Å². The summed E-state index contributed by atoms with van der Waals surface area (Å²) in [4.78, 5) is 14.2. The van der Waals surface area contributed by atoms with Gasteiger partial charge >= 0.3 is 0 Å². The molecule has 3 heteroatoms. The van der Waals surface area contributed by atoms with E-state index in [-0.39, 0.29) is 17.7 Å². The Hall–Kier alpha value is -0.570. The van der Waals surface area contributed by atoms with E-state index in [0.29, 0.717) is 12.5 Å². The Labute approximate surface area is 105 Å². The van der Waals surface area contributed by atoms with Gasteiger partial charge in [-0.2, -0.15) is 0 Å². The van der Waals surface area contributed by atoms with Crippen LogP contribution >= 0.6 is 0 Å². The van der Waals surface area contributed by atoms with E-state index in [1.807, 2.05) is 25.7 Å². The molecule has 1 saturated heterocycles. The predicted octanol–water partition coefficient (Wildman–Crippen LogP) is 2.29. The monoisotopic (exact) mass is 241 g/mol. The molecule has 2 atom stereocenters. The number of likely N-dealkylation sites (tertiary alicyclic amines) is 1. The van der Waals surface area contributed by atoms with Gasteiger partial charge in [0.25, 0.3) is 0 Å². The summed E-state index contributed by atoms with van der Waals surface area (Å²) in [7, 11) is 0. The number of carbonyl (C=O) groups is 1. The van der Waals surface area contributed by atoms with Gasteiger partial charge in [-0.05, 0) is 32.6 Å². The summed E-state index contributed by atoms with van der Waals surface area (Å²) in [5.74, 6) is 0.911. The van der Waals surface area contributed by atoms with Crippen LogP contribution in [0.1, 0.15) is 47.5 Å². The highest BCUT2D eigenvalue weighted by Gasteiger charge is 2.34. The molecular formula is C14H27NO2. The number of amides is 1. The molecule has 0 radical (unpaired) electrons. The van der Waals surface area contributed by atoms with E-state index >= 15 is 0 Å². The molecule has 1 N–H and O–H groups in total. The highest BCUT2D eigenvalue weighted by molar-refractivity contribution is 5.78. The third-order valence-electron chi connectivity index (χ3n) is 4.12. The molecule has 1 rings (SSSR count). The molecule has 0 aromatic carbocycles. The Morgan fingerprint density at radius 3 is 2.41 bits per heavy atom. The van der Waals surface area contributed by atoms with Crippen LogP contribution in [0.3, 0.4) is 0 Å². The topological polar surface area (TPSA) is 40.5 Å². The summed E-state index contributed by atoms with van der Waals surface area (Å²) >= 11 is 0. The second-order valence-electron chi connectivity index (χ2n) is 6.31. The third-order valence-corrected chi connectivity index (χ3v) is 4.12. The zero-order valence-electron chi connectivity index (χ0n) is 11.9. The maximum atomic E-state index is 12.3. The lowest BCUT2D eigenvalue weighted by Gasteiger charge is -2.40.